The average molecular weight is 144 g/mol. The summed E-state index contributed by atoms with van der Waals surface area (Å²) in [7, 11) is 0. The molecule has 2 nitrogen and oxygen atoms in total. The lowest BCUT2D eigenvalue weighted by molar-refractivity contribution is 0.788. The van der Waals surface area contributed by atoms with Crippen LogP contribution in [0.2, 0.25) is 0 Å². The lowest BCUT2D eigenvalue weighted by Crippen LogP contribution is -2.05. The zero-order chi connectivity index (χ0) is 7.73. The lowest BCUT2D eigenvalue weighted by Gasteiger charge is -2.07. The maximum atomic E-state index is 4.19. The third kappa shape index (κ3) is 0.871. The van der Waals surface area contributed by atoms with Crippen LogP contribution in [-0.2, 0) is 5.54 Å². The summed E-state index contributed by atoms with van der Waals surface area (Å²) in [5, 5.41) is 0. The minimum absolute atomic E-state index is 0.263. The summed E-state index contributed by atoms with van der Waals surface area (Å²) >= 11 is 0. The first-order valence-electron chi connectivity index (χ1n) is 3.47. The van der Waals surface area contributed by atoms with Crippen LogP contribution in [0.5, 0.6) is 0 Å². The van der Waals surface area contributed by atoms with Gasteiger partial charge in [0.05, 0.1) is 5.69 Å². The van der Waals surface area contributed by atoms with Crippen LogP contribution in [0.1, 0.15) is 5.69 Å². The predicted octanol–water partition coefficient (Wildman–Crippen LogP) is 1.55. The van der Waals surface area contributed by atoms with Crippen molar-refractivity contribution in [1.82, 2.24) is 4.98 Å². The van der Waals surface area contributed by atoms with E-state index in [1.165, 1.54) is 0 Å². The van der Waals surface area contributed by atoms with E-state index in [1.807, 2.05) is 30.4 Å². The second kappa shape index (κ2) is 2.02. The number of pyridine rings is 1. The maximum absolute atomic E-state index is 4.19. The molecular weight excluding hydrogens is 136 g/mol. The van der Waals surface area contributed by atoms with E-state index in [2.05, 4.69) is 16.7 Å². The Bertz CT molecular complexity index is 295. The fourth-order valence-electron chi connectivity index (χ4n) is 1.04. The number of aliphatic imine (C=N–C) groups is 1. The highest BCUT2D eigenvalue weighted by atomic mass is 14.9. The number of nitrogens with zero attached hydrogens (tertiary/aromatic N) is 2. The van der Waals surface area contributed by atoms with Crippen LogP contribution < -0.4 is 0 Å². The molecule has 0 N–H and O–H groups in total. The zero-order valence-corrected chi connectivity index (χ0v) is 6.07. The summed E-state index contributed by atoms with van der Waals surface area (Å²) < 4.78 is 0. The number of hydrogen-bond acceptors (Lipinski definition) is 2. The molecule has 0 fully saturated rings. The molecule has 11 heavy (non-hydrogen) atoms. The maximum Gasteiger partial charge on any atom is 0.138 e. The summed E-state index contributed by atoms with van der Waals surface area (Å²) in [4.78, 5) is 8.17. The summed E-state index contributed by atoms with van der Waals surface area (Å²) in [5.74, 6) is 0. The van der Waals surface area contributed by atoms with E-state index in [1.54, 1.807) is 6.20 Å². The van der Waals surface area contributed by atoms with Gasteiger partial charge in [0.1, 0.15) is 5.54 Å². The second-order valence-corrected chi connectivity index (χ2v) is 2.53. The Kier molecular flexibility index (Phi) is 1.15. The van der Waals surface area contributed by atoms with Crippen LogP contribution in [0, 0.1) is 0 Å². The highest BCUT2D eigenvalue weighted by Crippen LogP contribution is 2.37. The first-order chi connectivity index (χ1) is 5.37. The van der Waals surface area contributed by atoms with Gasteiger partial charge in [-0.3, -0.25) is 9.98 Å². The highest BCUT2D eigenvalue weighted by molar-refractivity contribution is 5.47. The van der Waals surface area contributed by atoms with Gasteiger partial charge in [-0.15, -0.1) is 0 Å². The first kappa shape index (κ1) is 6.28. The van der Waals surface area contributed by atoms with Crippen molar-refractivity contribution >= 4 is 6.72 Å². The van der Waals surface area contributed by atoms with Gasteiger partial charge in [0.15, 0.2) is 0 Å². The van der Waals surface area contributed by atoms with Gasteiger partial charge < -0.3 is 0 Å². The van der Waals surface area contributed by atoms with Gasteiger partial charge in [-0.2, -0.15) is 0 Å². The molecule has 0 amide bonds. The van der Waals surface area contributed by atoms with E-state index in [9.17, 15) is 0 Å². The molecule has 1 aromatic heterocycles. The van der Waals surface area contributed by atoms with Gasteiger partial charge in [0.25, 0.3) is 0 Å². The SMILES string of the molecule is C=NC1(c2ccccn2)C=C1. The molecule has 0 unspecified atom stereocenters. The van der Waals surface area contributed by atoms with Crippen molar-refractivity contribution in [2.75, 3.05) is 0 Å². The highest BCUT2D eigenvalue weighted by Gasteiger charge is 2.35. The smallest absolute Gasteiger partial charge is 0.138 e. The van der Waals surface area contributed by atoms with E-state index in [-0.39, 0.29) is 5.54 Å². The molecule has 1 aromatic rings. The Labute approximate surface area is 65.3 Å². The monoisotopic (exact) mass is 144 g/mol. The van der Waals surface area contributed by atoms with Crippen LogP contribution in [0.3, 0.4) is 0 Å². The summed E-state index contributed by atoms with van der Waals surface area (Å²) in [6, 6.07) is 5.80. The molecule has 0 atom stereocenters. The summed E-state index contributed by atoms with van der Waals surface area (Å²) in [6.07, 6.45) is 5.74. The number of rotatable bonds is 2. The van der Waals surface area contributed by atoms with Crippen molar-refractivity contribution < 1.29 is 0 Å². The van der Waals surface area contributed by atoms with E-state index in [4.69, 9.17) is 0 Å². The minimum Gasteiger partial charge on any atom is -0.279 e. The van der Waals surface area contributed by atoms with Crippen molar-refractivity contribution in [2.24, 2.45) is 4.99 Å². The molecule has 0 saturated heterocycles. The topological polar surface area (TPSA) is 25.2 Å². The van der Waals surface area contributed by atoms with E-state index >= 15 is 0 Å². The quantitative estimate of drug-likeness (QED) is 0.456. The van der Waals surface area contributed by atoms with Gasteiger partial charge >= 0.3 is 0 Å². The normalized spacial score (nSPS) is 17.8. The third-order valence-electron chi connectivity index (χ3n) is 1.82. The van der Waals surface area contributed by atoms with Gasteiger partial charge in [-0.1, -0.05) is 6.07 Å². The van der Waals surface area contributed by atoms with Crippen LogP contribution in [0.15, 0.2) is 41.5 Å². The Morgan fingerprint density at radius 1 is 1.36 bits per heavy atom. The van der Waals surface area contributed by atoms with Crippen molar-refractivity contribution in [3.63, 3.8) is 0 Å². The van der Waals surface area contributed by atoms with Crippen molar-refractivity contribution in [2.45, 2.75) is 5.54 Å². The van der Waals surface area contributed by atoms with E-state index in [0.29, 0.717) is 0 Å². The van der Waals surface area contributed by atoms with Crippen LogP contribution in [-0.4, -0.2) is 11.7 Å². The van der Waals surface area contributed by atoms with Crippen molar-refractivity contribution in [3.8, 4) is 0 Å². The van der Waals surface area contributed by atoms with Gasteiger partial charge in [-0.05, 0) is 31.0 Å². The van der Waals surface area contributed by atoms with E-state index in [0.717, 1.165) is 5.69 Å². The number of aromatic nitrogens is 1. The van der Waals surface area contributed by atoms with Gasteiger partial charge in [0.2, 0.25) is 0 Å². The molecule has 0 bridgehead atoms. The van der Waals surface area contributed by atoms with Gasteiger partial charge in [0, 0.05) is 6.20 Å². The van der Waals surface area contributed by atoms with Gasteiger partial charge in [-0.25, -0.2) is 0 Å². The fraction of sp³-hybridized carbons (Fsp3) is 0.111. The Hall–Kier alpha value is -1.44. The Morgan fingerprint density at radius 3 is 2.64 bits per heavy atom. The lowest BCUT2D eigenvalue weighted by atomic mass is 10.1. The Morgan fingerprint density at radius 2 is 2.18 bits per heavy atom. The predicted molar refractivity (Wildman–Crippen MR) is 44.6 cm³/mol. The molecule has 0 spiro atoms. The number of hydrogen-bond donors (Lipinski definition) is 0. The summed E-state index contributed by atoms with van der Waals surface area (Å²) in [6.45, 7) is 3.52. The first-order valence-corrected chi connectivity index (χ1v) is 3.47. The standard InChI is InChI=1S/C9H8N2/c1-10-9(5-6-9)8-4-2-3-7-11-8/h2-7H,1H2. The average Bonchev–Trinajstić information content (AvgIpc) is 2.86. The van der Waals surface area contributed by atoms with Crippen molar-refractivity contribution in [3.05, 3.63) is 42.2 Å². The third-order valence-corrected chi connectivity index (χ3v) is 1.82. The van der Waals surface area contributed by atoms with E-state index < -0.39 is 0 Å². The molecule has 2 rings (SSSR count). The van der Waals surface area contributed by atoms with Crippen LogP contribution in [0.4, 0.5) is 0 Å². The zero-order valence-electron chi connectivity index (χ0n) is 6.07. The fourth-order valence-corrected chi connectivity index (χ4v) is 1.04. The van der Waals surface area contributed by atoms with Crippen LogP contribution in [0.25, 0.3) is 0 Å². The largest absolute Gasteiger partial charge is 0.279 e. The summed E-state index contributed by atoms with van der Waals surface area (Å²) in [5.41, 5.74) is 0.691. The molecule has 0 radical (unpaired) electrons. The van der Waals surface area contributed by atoms with Crippen LogP contribution >= 0.6 is 0 Å². The molecule has 1 heterocycles. The minimum atomic E-state index is -0.263. The molecule has 0 aromatic carbocycles. The molecule has 1 aliphatic rings. The second-order valence-electron chi connectivity index (χ2n) is 2.53. The molecular formula is C9H8N2. The van der Waals surface area contributed by atoms with Crippen molar-refractivity contribution in [1.29, 1.82) is 0 Å². The molecule has 0 saturated carbocycles. The molecule has 1 aliphatic carbocycles. The molecule has 0 aliphatic heterocycles. The Balaban J connectivity index is 2.37. The molecule has 2 heteroatoms. The molecule has 54 valence electrons.